The van der Waals surface area contributed by atoms with Crippen molar-refractivity contribution < 1.29 is 19.8 Å². The van der Waals surface area contributed by atoms with Crippen LogP contribution in [0.4, 0.5) is 0 Å². The zero-order chi connectivity index (χ0) is 32.8. The van der Waals surface area contributed by atoms with Gasteiger partial charge in [0.15, 0.2) is 0 Å². The number of aryl methyl sites for hydroxylation is 1. The molecule has 254 valence electrons. The van der Waals surface area contributed by atoms with Crippen molar-refractivity contribution in [1.82, 2.24) is 0 Å². The summed E-state index contributed by atoms with van der Waals surface area (Å²) in [5.74, 6) is -2.02. The number of carboxylic acids is 2. The summed E-state index contributed by atoms with van der Waals surface area (Å²) in [6.07, 6.45) is 31.2. The largest absolute Gasteiger partial charge is 2.00 e. The number of carboxylic acid groups (broad SMARTS) is 2. The number of aromatic carboxylic acids is 1. The minimum Gasteiger partial charge on any atom is -0.550 e. The van der Waals surface area contributed by atoms with Crippen LogP contribution in [-0.2, 0) is 11.2 Å². The second-order valence-electron chi connectivity index (χ2n) is 11.5. The van der Waals surface area contributed by atoms with E-state index in [0.717, 1.165) is 37.7 Å². The topological polar surface area (TPSA) is 80.3 Å². The van der Waals surface area contributed by atoms with Crippen LogP contribution in [0.25, 0.3) is 0 Å². The first kappa shape index (κ1) is 49.8. The van der Waals surface area contributed by atoms with Crippen LogP contribution < -0.4 is 10.2 Å². The number of carbonyl (C=O) groups is 2. The summed E-state index contributed by atoms with van der Waals surface area (Å²) in [6, 6.07) is 6.72. The predicted octanol–water partition coefficient (Wildman–Crippen LogP) is 10.0. The molecule has 1 aromatic rings. The molecule has 0 unspecified atom stereocenters. The Balaban J connectivity index is -0.000000327. The van der Waals surface area contributed by atoms with E-state index >= 15 is 0 Å². The molecule has 0 bridgehead atoms. The Morgan fingerprint density at radius 2 is 0.818 bits per heavy atom. The Kier molecular flexibility index (Phi) is 49.9. The summed E-state index contributed by atoms with van der Waals surface area (Å²) in [5, 5.41) is 20.6. The van der Waals surface area contributed by atoms with Gasteiger partial charge in [0.2, 0.25) is 0 Å². The van der Waals surface area contributed by atoms with Crippen LogP contribution in [0.15, 0.2) is 24.3 Å². The Hall–Kier alpha value is -1.04. The van der Waals surface area contributed by atoms with Gasteiger partial charge in [-0.2, -0.15) is 0 Å². The SMILES string of the molecule is CCCCCCCCCCCCCCCCCCCCCC(=O)[O-].CCc1ccc(C(=O)[O-])cc1.[CH2]CCC.[CH2]CCC.[Sn+2]. The summed E-state index contributed by atoms with van der Waals surface area (Å²) < 4.78 is 0. The van der Waals surface area contributed by atoms with Crippen molar-refractivity contribution in [3.63, 3.8) is 0 Å². The van der Waals surface area contributed by atoms with Crippen molar-refractivity contribution in [2.75, 3.05) is 0 Å². The monoisotopic (exact) mass is 722 g/mol. The van der Waals surface area contributed by atoms with Crippen LogP contribution in [0.3, 0.4) is 0 Å². The number of hydrogen-bond donors (Lipinski definition) is 0. The zero-order valence-electron chi connectivity index (χ0n) is 29.5. The van der Waals surface area contributed by atoms with Crippen LogP contribution in [0.2, 0.25) is 0 Å². The van der Waals surface area contributed by atoms with E-state index in [4.69, 9.17) is 0 Å². The van der Waals surface area contributed by atoms with Crippen molar-refractivity contribution in [2.45, 2.75) is 188 Å². The van der Waals surface area contributed by atoms with Gasteiger partial charge in [0.25, 0.3) is 0 Å². The summed E-state index contributed by atoms with van der Waals surface area (Å²) >= 11 is 0. The quantitative estimate of drug-likeness (QED) is 0.0787. The van der Waals surface area contributed by atoms with Crippen molar-refractivity contribution >= 4 is 35.8 Å². The van der Waals surface area contributed by atoms with Gasteiger partial charge in [-0.15, -0.1) is 0 Å². The molecule has 0 saturated heterocycles. The Morgan fingerprint density at radius 1 is 0.523 bits per heavy atom. The Morgan fingerprint density at radius 3 is 1.05 bits per heavy atom. The fourth-order valence-electron chi connectivity index (χ4n) is 4.22. The van der Waals surface area contributed by atoms with E-state index in [1.54, 1.807) is 24.3 Å². The minimum absolute atomic E-state index is 0. The average molecular weight is 722 g/mol. The summed E-state index contributed by atoms with van der Waals surface area (Å²) in [5.41, 5.74) is 1.37. The van der Waals surface area contributed by atoms with Gasteiger partial charge in [0.05, 0.1) is 5.97 Å². The molecule has 0 spiro atoms. The molecule has 0 aliphatic rings. The van der Waals surface area contributed by atoms with Crippen molar-refractivity contribution in [3.05, 3.63) is 49.2 Å². The van der Waals surface area contributed by atoms with Gasteiger partial charge in [0.1, 0.15) is 0 Å². The third-order valence-electron chi connectivity index (χ3n) is 7.29. The Labute approximate surface area is 291 Å². The molecular weight excluding hydrogens is 651 g/mol. The standard InChI is InChI=1S/C22H44O2.C9H10O2.2C4H9.Sn/c1-2-3-4-5-6-7-8-9-10-11-12-13-14-15-16-17-18-19-20-21-22(23)24;1-2-7-3-5-8(6-4-7)9(10)11;2*1-3-4-2;/h2-21H2,1H3,(H,23,24);3-6H,2H2,1H3,(H,10,11);2*1,3-4H2,2H3;/q;;;;+2/p-2. The minimum atomic E-state index is -1.12. The fourth-order valence-corrected chi connectivity index (χ4v) is 4.22. The van der Waals surface area contributed by atoms with Gasteiger partial charge in [0, 0.05) is 5.97 Å². The van der Waals surface area contributed by atoms with E-state index < -0.39 is 11.9 Å². The first-order chi connectivity index (χ1) is 20.8. The first-order valence-corrected chi connectivity index (χ1v) is 17.9. The molecule has 1 aromatic carbocycles. The van der Waals surface area contributed by atoms with Crippen LogP contribution >= 0.6 is 0 Å². The summed E-state index contributed by atoms with van der Waals surface area (Å²) in [6.45, 7) is 15.7. The second-order valence-corrected chi connectivity index (χ2v) is 11.5. The first-order valence-electron chi connectivity index (χ1n) is 17.9. The maximum absolute atomic E-state index is 10.3. The maximum Gasteiger partial charge on any atom is 2.00 e. The van der Waals surface area contributed by atoms with Gasteiger partial charge >= 0.3 is 23.9 Å². The maximum atomic E-state index is 10.3. The van der Waals surface area contributed by atoms with Crippen molar-refractivity contribution in [1.29, 1.82) is 0 Å². The van der Waals surface area contributed by atoms with E-state index in [0.29, 0.717) is 0 Å². The molecule has 0 aliphatic heterocycles. The molecule has 0 amide bonds. The van der Waals surface area contributed by atoms with Crippen LogP contribution in [0.1, 0.15) is 198 Å². The molecule has 0 aliphatic carbocycles. The number of carbonyl (C=O) groups excluding carboxylic acids is 2. The smallest absolute Gasteiger partial charge is 0.550 e. The predicted molar refractivity (Wildman–Crippen MR) is 189 cm³/mol. The summed E-state index contributed by atoms with van der Waals surface area (Å²) in [4.78, 5) is 20.6. The molecule has 4 radical (unpaired) electrons. The number of rotatable bonds is 24. The van der Waals surface area contributed by atoms with E-state index in [-0.39, 0.29) is 35.9 Å². The van der Waals surface area contributed by atoms with Gasteiger partial charge in [-0.05, 0) is 30.4 Å². The molecule has 44 heavy (non-hydrogen) atoms. The number of benzene rings is 1. The normalized spacial score (nSPS) is 9.77. The van der Waals surface area contributed by atoms with E-state index in [1.165, 1.54) is 122 Å². The van der Waals surface area contributed by atoms with Crippen LogP contribution in [-0.4, -0.2) is 35.8 Å². The fraction of sp³-hybridized carbons (Fsp3) is 0.744. The van der Waals surface area contributed by atoms with Crippen molar-refractivity contribution in [3.8, 4) is 0 Å². The summed E-state index contributed by atoms with van der Waals surface area (Å²) in [7, 11) is 0. The molecule has 0 atom stereocenters. The molecule has 0 saturated carbocycles. The molecule has 0 fully saturated rings. The van der Waals surface area contributed by atoms with Gasteiger partial charge < -0.3 is 19.8 Å². The molecule has 1 rings (SSSR count). The molecule has 0 heterocycles. The number of unbranched alkanes of at least 4 members (excludes halogenated alkanes) is 20. The van der Waals surface area contributed by atoms with Crippen molar-refractivity contribution in [2.24, 2.45) is 0 Å². The van der Waals surface area contributed by atoms with Crippen LogP contribution in [0.5, 0.6) is 0 Å². The Bertz CT molecular complexity index is 667. The van der Waals surface area contributed by atoms with E-state index in [2.05, 4.69) is 34.6 Å². The molecule has 0 N–H and O–H groups in total. The third-order valence-corrected chi connectivity index (χ3v) is 7.29. The molecular formula is C39H70O4Sn. The second kappa shape index (κ2) is 44.1. The van der Waals surface area contributed by atoms with E-state index in [1.807, 2.05) is 6.92 Å². The van der Waals surface area contributed by atoms with Gasteiger partial charge in [-0.1, -0.05) is 207 Å². The van der Waals surface area contributed by atoms with E-state index in [9.17, 15) is 19.8 Å². The van der Waals surface area contributed by atoms with Gasteiger partial charge in [-0.25, -0.2) is 0 Å². The molecule has 0 aromatic heterocycles. The average Bonchev–Trinajstić information content (AvgIpc) is 3.02. The number of hydrogen-bond acceptors (Lipinski definition) is 4. The molecule has 4 nitrogen and oxygen atoms in total. The van der Waals surface area contributed by atoms with Crippen LogP contribution in [0, 0.1) is 13.8 Å². The van der Waals surface area contributed by atoms with Gasteiger partial charge in [-0.3, -0.25) is 0 Å². The zero-order valence-corrected chi connectivity index (χ0v) is 32.4. The molecule has 5 heteroatoms. The third kappa shape index (κ3) is 45.4. The number of aliphatic carboxylic acids is 1.